The van der Waals surface area contributed by atoms with E-state index in [1.165, 1.54) is 0 Å². The lowest BCUT2D eigenvalue weighted by molar-refractivity contribution is 0.103. The number of ketones is 1. The van der Waals surface area contributed by atoms with Gasteiger partial charge in [-0.05, 0) is 31.0 Å². The Kier molecular flexibility index (Phi) is 6.94. The molecule has 0 aromatic heterocycles. The number of carbonyl (C=O) groups excluding carboxylic acids is 1. The third-order valence-corrected chi connectivity index (χ3v) is 4.48. The molecule has 0 saturated heterocycles. The molecule has 140 valence electrons. The lowest BCUT2D eigenvalue weighted by Crippen LogP contribution is -2.18. The summed E-state index contributed by atoms with van der Waals surface area (Å²) in [6.45, 7) is 3.88. The zero-order chi connectivity index (χ0) is 19.2. The van der Waals surface area contributed by atoms with Gasteiger partial charge in [-0.1, -0.05) is 43.3 Å². The molecular formula is C20H24O5S. The van der Waals surface area contributed by atoms with Crippen molar-refractivity contribution in [3.8, 4) is 5.75 Å². The molecule has 0 aliphatic heterocycles. The minimum atomic E-state index is -3.47. The van der Waals surface area contributed by atoms with Crippen LogP contribution < -0.4 is 4.74 Å². The largest absolute Gasteiger partial charge is 0.490 e. The quantitative estimate of drug-likeness (QED) is 0.494. The van der Waals surface area contributed by atoms with Gasteiger partial charge >= 0.3 is 0 Å². The van der Waals surface area contributed by atoms with Crippen LogP contribution >= 0.6 is 0 Å². The fourth-order valence-electron chi connectivity index (χ4n) is 2.46. The summed E-state index contributed by atoms with van der Waals surface area (Å²) in [4.78, 5) is 12.9. The van der Waals surface area contributed by atoms with E-state index in [2.05, 4.69) is 0 Å². The zero-order valence-corrected chi connectivity index (χ0v) is 16.1. The van der Waals surface area contributed by atoms with Crippen LogP contribution in [-0.4, -0.2) is 33.2 Å². The molecule has 0 radical (unpaired) electrons. The molecule has 2 aromatic rings. The van der Waals surface area contributed by atoms with Gasteiger partial charge in [-0.3, -0.25) is 8.98 Å². The number of aryl methyl sites for hydroxylation is 1. The van der Waals surface area contributed by atoms with Gasteiger partial charge in [0.1, 0.15) is 5.75 Å². The molecule has 0 aliphatic carbocycles. The van der Waals surface area contributed by atoms with Crippen molar-refractivity contribution in [3.05, 3.63) is 65.2 Å². The summed E-state index contributed by atoms with van der Waals surface area (Å²) in [5.41, 5.74) is 2.15. The van der Waals surface area contributed by atoms with E-state index in [-0.39, 0.29) is 18.5 Å². The first-order valence-electron chi connectivity index (χ1n) is 8.54. The summed E-state index contributed by atoms with van der Waals surface area (Å²) in [5, 5.41) is 0. The van der Waals surface area contributed by atoms with E-state index in [0.29, 0.717) is 23.3 Å². The van der Waals surface area contributed by atoms with Crippen LogP contribution in [0.3, 0.4) is 0 Å². The van der Waals surface area contributed by atoms with Gasteiger partial charge in [-0.15, -0.1) is 0 Å². The molecule has 0 amide bonds. The molecule has 0 bridgehead atoms. The molecular weight excluding hydrogens is 352 g/mol. The van der Waals surface area contributed by atoms with Crippen LogP contribution in [0.2, 0.25) is 0 Å². The van der Waals surface area contributed by atoms with Crippen molar-refractivity contribution in [2.45, 2.75) is 32.8 Å². The van der Waals surface area contributed by atoms with Gasteiger partial charge in [0.2, 0.25) is 0 Å². The average molecular weight is 376 g/mol. The van der Waals surface area contributed by atoms with E-state index < -0.39 is 10.1 Å². The van der Waals surface area contributed by atoms with Gasteiger partial charge in [-0.2, -0.15) is 8.42 Å². The third-order valence-electron chi connectivity index (χ3n) is 3.88. The normalized spacial score (nSPS) is 12.6. The predicted molar refractivity (Wildman–Crippen MR) is 101 cm³/mol. The Balaban J connectivity index is 2.18. The predicted octanol–water partition coefficient (Wildman–Crippen LogP) is 3.61. The zero-order valence-electron chi connectivity index (χ0n) is 15.3. The molecule has 6 heteroatoms. The summed E-state index contributed by atoms with van der Waals surface area (Å²) in [7, 11) is -3.47. The van der Waals surface area contributed by atoms with Gasteiger partial charge in [0.25, 0.3) is 10.1 Å². The highest BCUT2D eigenvalue weighted by Crippen LogP contribution is 2.25. The second-order valence-electron chi connectivity index (χ2n) is 6.12. The molecule has 0 spiro atoms. The van der Waals surface area contributed by atoms with Gasteiger partial charge < -0.3 is 4.74 Å². The van der Waals surface area contributed by atoms with Crippen molar-refractivity contribution in [2.24, 2.45) is 0 Å². The molecule has 0 saturated carbocycles. The number of hydrogen-bond donors (Lipinski definition) is 0. The first-order valence-corrected chi connectivity index (χ1v) is 10.4. The standard InChI is InChI=1S/C20H24O5S/c1-4-16-10-11-19(25-15(2)12-13-24-26(3,22)23)18(14-16)20(21)17-8-6-5-7-9-17/h5-11,14-15H,4,12-13H2,1-3H3/t15-/m0/s1. The van der Waals surface area contributed by atoms with Crippen LogP contribution in [0.4, 0.5) is 0 Å². The van der Waals surface area contributed by atoms with Gasteiger partial charge in [0, 0.05) is 12.0 Å². The Labute approximate surface area is 155 Å². The highest BCUT2D eigenvalue weighted by molar-refractivity contribution is 7.85. The number of rotatable bonds is 9. The number of hydrogen-bond acceptors (Lipinski definition) is 5. The maximum atomic E-state index is 12.9. The smallest absolute Gasteiger partial charge is 0.264 e. The highest BCUT2D eigenvalue weighted by atomic mass is 32.2. The second kappa shape index (κ2) is 8.96. The molecule has 1 atom stereocenters. The minimum Gasteiger partial charge on any atom is -0.490 e. The van der Waals surface area contributed by atoms with Gasteiger partial charge in [0.05, 0.1) is 24.5 Å². The van der Waals surface area contributed by atoms with Crippen LogP contribution in [0.5, 0.6) is 5.75 Å². The van der Waals surface area contributed by atoms with Crippen LogP contribution in [0.15, 0.2) is 48.5 Å². The Morgan fingerprint density at radius 1 is 1.12 bits per heavy atom. The Morgan fingerprint density at radius 3 is 2.42 bits per heavy atom. The lowest BCUT2D eigenvalue weighted by Gasteiger charge is -2.18. The molecule has 26 heavy (non-hydrogen) atoms. The minimum absolute atomic E-state index is 0.0367. The van der Waals surface area contributed by atoms with Crippen LogP contribution in [0, 0.1) is 0 Å². The van der Waals surface area contributed by atoms with Crippen molar-refractivity contribution in [1.82, 2.24) is 0 Å². The maximum Gasteiger partial charge on any atom is 0.264 e. The van der Waals surface area contributed by atoms with E-state index in [9.17, 15) is 13.2 Å². The number of benzene rings is 2. The molecule has 0 aliphatic rings. The molecule has 2 rings (SSSR count). The summed E-state index contributed by atoms with van der Waals surface area (Å²) in [6, 6.07) is 14.6. The fraction of sp³-hybridized carbons (Fsp3) is 0.350. The van der Waals surface area contributed by atoms with Crippen LogP contribution in [0.25, 0.3) is 0 Å². The summed E-state index contributed by atoms with van der Waals surface area (Å²) < 4.78 is 32.7. The monoisotopic (exact) mass is 376 g/mol. The van der Waals surface area contributed by atoms with Gasteiger partial charge in [-0.25, -0.2) is 0 Å². The summed E-state index contributed by atoms with van der Waals surface area (Å²) in [6.07, 6.45) is 1.92. The van der Waals surface area contributed by atoms with Gasteiger partial charge in [0.15, 0.2) is 5.78 Å². The van der Waals surface area contributed by atoms with E-state index in [1.807, 2.05) is 44.2 Å². The highest BCUT2D eigenvalue weighted by Gasteiger charge is 2.17. The molecule has 5 nitrogen and oxygen atoms in total. The van der Waals surface area contributed by atoms with E-state index in [4.69, 9.17) is 8.92 Å². The third kappa shape index (κ3) is 5.97. The maximum absolute atomic E-state index is 12.9. The van der Waals surface area contributed by atoms with Crippen LogP contribution in [0.1, 0.15) is 41.8 Å². The Bertz CT molecular complexity index is 844. The fourth-order valence-corrected chi connectivity index (χ4v) is 2.86. The first kappa shape index (κ1) is 20.1. The van der Waals surface area contributed by atoms with Crippen LogP contribution in [-0.2, 0) is 20.7 Å². The van der Waals surface area contributed by atoms with Crippen molar-refractivity contribution in [2.75, 3.05) is 12.9 Å². The number of carbonyl (C=O) groups is 1. The molecule has 0 N–H and O–H groups in total. The van der Waals surface area contributed by atoms with Crippen molar-refractivity contribution >= 4 is 15.9 Å². The second-order valence-corrected chi connectivity index (χ2v) is 7.77. The van der Waals surface area contributed by atoms with E-state index in [0.717, 1.165) is 18.2 Å². The molecule has 0 fully saturated rings. The number of ether oxygens (including phenoxy) is 1. The molecule has 0 heterocycles. The van der Waals surface area contributed by atoms with Crippen molar-refractivity contribution < 1.29 is 22.1 Å². The molecule has 0 unspecified atom stereocenters. The Morgan fingerprint density at radius 2 is 1.81 bits per heavy atom. The van der Waals surface area contributed by atoms with Crippen molar-refractivity contribution in [3.63, 3.8) is 0 Å². The summed E-state index contributed by atoms with van der Waals surface area (Å²) >= 11 is 0. The van der Waals surface area contributed by atoms with E-state index >= 15 is 0 Å². The summed E-state index contributed by atoms with van der Waals surface area (Å²) in [5.74, 6) is 0.387. The average Bonchev–Trinajstić information content (AvgIpc) is 2.61. The Hall–Kier alpha value is -2.18. The first-order chi connectivity index (χ1) is 12.3. The SMILES string of the molecule is CCc1ccc(O[C@@H](C)CCOS(C)(=O)=O)c(C(=O)c2ccccc2)c1. The molecule has 2 aromatic carbocycles. The lowest BCUT2D eigenvalue weighted by atomic mass is 9.99. The topological polar surface area (TPSA) is 69.7 Å². The van der Waals surface area contributed by atoms with Crippen molar-refractivity contribution in [1.29, 1.82) is 0 Å². The van der Waals surface area contributed by atoms with E-state index in [1.54, 1.807) is 18.2 Å².